The van der Waals surface area contributed by atoms with E-state index in [1.54, 1.807) is 23.1 Å². The summed E-state index contributed by atoms with van der Waals surface area (Å²) in [5, 5.41) is 0.248. The number of hydrogen-bond donors (Lipinski definition) is 0. The summed E-state index contributed by atoms with van der Waals surface area (Å²) in [6.07, 6.45) is 1.92. The molecule has 0 unspecified atom stereocenters. The highest BCUT2D eigenvalue weighted by Gasteiger charge is 2.39. The van der Waals surface area contributed by atoms with E-state index >= 15 is 0 Å². The van der Waals surface area contributed by atoms with Crippen LogP contribution in [0.1, 0.15) is 40.5 Å². The molecule has 0 radical (unpaired) electrons. The predicted molar refractivity (Wildman–Crippen MR) is 81.8 cm³/mol. The van der Waals surface area contributed by atoms with E-state index in [2.05, 4.69) is 6.92 Å². The average Bonchev–Trinajstić information content (AvgIpc) is 2.74. The van der Waals surface area contributed by atoms with Crippen LogP contribution in [0.25, 0.3) is 0 Å². The van der Waals surface area contributed by atoms with Gasteiger partial charge in [-0.25, -0.2) is 0 Å². The summed E-state index contributed by atoms with van der Waals surface area (Å²) in [4.78, 5) is 39.7. The van der Waals surface area contributed by atoms with Crippen LogP contribution >= 0.6 is 11.6 Å². The van der Waals surface area contributed by atoms with Gasteiger partial charge in [-0.2, -0.15) is 0 Å². The smallest absolute Gasteiger partial charge is 0.263 e. The molecule has 3 amide bonds. The van der Waals surface area contributed by atoms with Gasteiger partial charge in [0.1, 0.15) is 6.54 Å². The van der Waals surface area contributed by atoms with Gasteiger partial charge in [0, 0.05) is 13.1 Å². The number of rotatable bonds is 2. The Morgan fingerprint density at radius 2 is 1.91 bits per heavy atom. The first-order chi connectivity index (χ1) is 10.5. The van der Waals surface area contributed by atoms with Crippen molar-refractivity contribution in [3.63, 3.8) is 0 Å². The molecule has 0 spiro atoms. The second-order valence-corrected chi connectivity index (χ2v) is 6.33. The van der Waals surface area contributed by atoms with E-state index in [1.807, 2.05) is 0 Å². The quantitative estimate of drug-likeness (QED) is 0.785. The molecule has 5 nitrogen and oxygen atoms in total. The molecule has 1 aromatic rings. The zero-order valence-corrected chi connectivity index (χ0v) is 13.1. The molecule has 3 rings (SSSR count). The second kappa shape index (κ2) is 5.72. The Morgan fingerprint density at radius 1 is 1.23 bits per heavy atom. The molecule has 0 bridgehead atoms. The molecule has 1 aromatic carbocycles. The number of fused-ring (bicyclic) bond motifs is 1. The molecule has 2 heterocycles. The minimum absolute atomic E-state index is 0.183. The van der Waals surface area contributed by atoms with Gasteiger partial charge < -0.3 is 4.90 Å². The summed E-state index contributed by atoms with van der Waals surface area (Å²) >= 11 is 6.00. The van der Waals surface area contributed by atoms with Crippen molar-refractivity contribution in [2.24, 2.45) is 5.92 Å². The Kier molecular flexibility index (Phi) is 3.91. The summed E-state index contributed by atoms with van der Waals surface area (Å²) in [5.74, 6) is -0.495. The van der Waals surface area contributed by atoms with E-state index in [1.165, 1.54) is 0 Å². The van der Waals surface area contributed by atoms with E-state index in [0.717, 1.165) is 17.7 Å². The number of hydrogen-bond acceptors (Lipinski definition) is 3. The van der Waals surface area contributed by atoms with Crippen LogP contribution < -0.4 is 0 Å². The third kappa shape index (κ3) is 2.50. The zero-order chi connectivity index (χ0) is 15.9. The fourth-order valence-electron chi connectivity index (χ4n) is 2.93. The third-order valence-corrected chi connectivity index (χ3v) is 4.69. The highest BCUT2D eigenvalue weighted by molar-refractivity contribution is 6.37. The van der Waals surface area contributed by atoms with Crippen molar-refractivity contribution >= 4 is 29.3 Å². The van der Waals surface area contributed by atoms with Crippen LogP contribution in [0.5, 0.6) is 0 Å². The van der Waals surface area contributed by atoms with Crippen molar-refractivity contribution in [3.8, 4) is 0 Å². The number of benzene rings is 1. The number of carbonyl (C=O) groups is 3. The van der Waals surface area contributed by atoms with Gasteiger partial charge in [-0.05, 0) is 30.9 Å². The molecular weight excluding hydrogens is 304 g/mol. The molecule has 22 heavy (non-hydrogen) atoms. The number of amides is 3. The third-order valence-electron chi connectivity index (χ3n) is 4.38. The van der Waals surface area contributed by atoms with Gasteiger partial charge in [0.05, 0.1) is 16.1 Å². The van der Waals surface area contributed by atoms with Gasteiger partial charge in [-0.1, -0.05) is 24.6 Å². The van der Waals surface area contributed by atoms with Gasteiger partial charge >= 0.3 is 0 Å². The van der Waals surface area contributed by atoms with Gasteiger partial charge in [-0.3, -0.25) is 19.3 Å². The lowest BCUT2D eigenvalue weighted by Gasteiger charge is -2.31. The van der Waals surface area contributed by atoms with E-state index < -0.39 is 11.8 Å². The van der Waals surface area contributed by atoms with E-state index in [9.17, 15) is 14.4 Å². The number of imide groups is 1. The molecule has 116 valence electrons. The number of nitrogens with zero attached hydrogens (tertiary/aromatic N) is 2. The van der Waals surface area contributed by atoms with Crippen LogP contribution in [0.15, 0.2) is 18.2 Å². The molecule has 0 saturated carbocycles. The monoisotopic (exact) mass is 320 g/mol. The summed E-state index contributed by atoms with van der Waals surface area (Å²) < 4.78 is 0. The van der Waals surface area contributed by atoms with Gasteiger partial charge in [-0.15, -0.1) is 0 Å². The normalized spacial score (nSPS) is 18.8. The zero-order valence-electron chi connectivity index (χ0n) is 12.3. The summed E-state index contributed by atoms with van der Waals surface area (Å²) in [6.45, 7) is 3.32. The van der Waals surface area contributed by atoms with Crippen molar-refractivity contribution < 1.29 is 14.4 Å². The van der Waals surface area contributed by atoms with Crippen LogP contribution in [0.2, 0.25) is 5.02 Å². The maximum absolute atomic E-state index is 12.3. The lowest BCUT2D eigenvalue weighted by molar-refractivity contribution is -0.132. The van der Waals surface area contributed by atoms with E-state index in [-0.39, 0.29) is 28.6 Å². The molecule has 1 saturated heterocycles. The molecule has 1 fully saturated rings. The number of piperidine rings is 1. The van der Waals surface area contributed by atoms with Crippen molar-refractivity contribution in [1.82, 2.24) is 9.80 Å². The Hall–Kier alpha value is -1.88. The van der Waals surface area contributed by atoms with Crippen LogP contribution in [-0.4, -0.2) is 47.2 Å². The lowest BCUT2D eigenvalue weighted by Crippen LogP contribution is -2.45. The lowest BCUT2D eigenvalue weighted by atomic mass is 9.99. The Morgan fingerprint density at radius 3 is 2.55 bits per heavy atom. The second-order valence-electron chi connectivity index (χ2n) is 5.92. The minimum Gasteiger partial charge on any atom is -0.341 e. The summed E-state index contributed by atoms with van der Waals surface area (Å²) in [6, 6.07) is 4.76. The van der Waals surface area contributed by atoms with Crippen LogP contribution in [-0.2, 0) is 4.79 Å². The van der Waals surface area contributed by atoms with E-state index in [0.29, 0.717) is 19.0 Å². The Labute approximate surface area is 133 Å². The van der Waals surface area contributed by atoms with Gasteiger partial charge in [0.15, 0.2) is 0 Å². The van der Waals surface area contributed by atoms with Crippen molar-refractivity contribution in [3.05, 3.63) is 34.3 Å². The molecule has 0 N–H and O–H groups in total. The van der Waals surface area contributed by atoms with E-state index in [4.69, 9.17) is 11.6 Å². The number of likely N-dealkylation sites (tertiary alicyclic amines) is 1. The highest BCUT2D eigenvalue weighted by atomic mass is 35.5. The number of carbonyl (C=O) groups excluding carboxylic acids is 3. The first-order valence-electron chi connectivity index (χ1n) is 7.41. The molecular formula is C16H17ClN2O3. The maximum Gasteiger partial charge on any atom is 0.263 e. The van der Waals surface area contributed by atoms with Crippen LogP contribution in [0, 0.1) is 5.92 Å². The molecule has 6 heteroatoms. The van der Waals surface area contributed by atoms with Gasteiger partial charge in [0.25, 0.3) is 11.8 Å². The summed E-state index contributed by atoms with van der Waals surface area (Å²) in [7, 11) is 0. The van der Waals surface area contributed by atoms with Crippen LogP contribution in [0.4, 0.5) is 0 Å². The number of halogens is 1. The van der Waals surface area contributed by atoms with Crippen molar-refractivity contribution in [2.45, 2.75) is 19.8 Å². The maximum atomic E-state index is 12.3. The SMILES string of the molecule is CC1CCN(C(=O)CN2C(=O)c3cccc(Cl)c3C2=O)CC1. The van der Waals surface area contributed by atoms with Crippen LogP contribution in [0.3, 0.4) is 0 Å². The summed E-state index contributed by atoms with van der Waals surface area (Å²) in [5.41, 5.74) is 0.479. The Balaban J connectivity index is 1.74. The average molecular weight is 321 g/mol. The molecule has 0 aliphatic carbocycles. The predicted octanol–water partition coefficient (Wildman–Crippen LogP) is 2.19. The molecule has 0 aromatic heterocycles. The first-order valence-corrected chi connectivity index (χ1v) is 7.79. The fraction of sp³-hybridized carbons (Fsp3) is 0.438. The molecule has 2 aliphatic heterocycles. The minimum atomic E-state index is -0.482. The molecule has 0 atom stereocenters. The fourth-order valence-corrected chi connectivity index (χ4v) is 3.18. The standard InChI is InChI=1S/C16H17ClN2O3/c1-10-5-7-18(8-6-10)13(20)9-19-15(21)11-3-2-4-12(17)14(11)16(19)22/h2-4,10H,5-9H2,1H3. The largest absolute Gasteiger partial charge is 0.341 e. The van der Waals surface area contributed by atoms with Gasteiger partial charge in [0.2, 0.25) is 5.91 Å². The Bertz CT molecular complexity index is 651. The van der Waals surface area contributed by atoms with Crippen molar-refractivity contribution in [2.75, 3.05) is 19.6 Å². The molecule has 2 aliphatic rings. The topological polar surface area (TPSA) is 57.7 Å². The first kappa shape index (κ1) is 15.0. The van der Waals surface area contributed by atoms with Crippen molar-refractivity contribution in [1.29, 1.82) is 0 Å². The highest BCUT2D eigenvalue weighted by Crippen LogP contribution is 2.29.